The summed E-state index contributed by atoms with van der Waals surface area (Å²) in [6.45, 7) is 8.28. The molecule has 1 amide bonds. The van der Waals surface area contributed by atoms with Gasteiger partial charge in [0, 0.05) is 83.0 Å². The van der Waals surface area contributed by atoms with Gasteiger partial charge >= 0.3 is 5.97 Å². The Morgan fingerprint density at radius 2 is 1.51 bits per heavy atom. The molecule has 2 aromatic heterocycles. The Morgan fingerprint density at radius 3 is 2.20 bits per heavy atom. The van der Waals surface area contributed by atoms with Crippen LogP contribution in [-0.2, 0) is 51.2 Å². The number of Topliss-reactive ketones (excluding diaryl/α,β-unsaturated/α-hetero) is 1. The summed E-state index contributed by atoms with van der Waals surface area (Å²) in [5.74, 6) is 0.0818. The van der Waals surface area contributed by atoms with Gasteiger partial charge in [0.1, 0.15) is 0 Å². The summed E-state index contributed by atoms with van der Waals surface area (Å²) in [7, 11) is 3.79. The van der Waals surface area contributed by atoms with Crippen molar-refractivity contribution in [3.05, 3.63) is 87.0 Å². The molecule has 1 atom stereocenters. The number of hydrogen-bond acceptors (Lipinski definition) is 8. The number of aliphatic hydroxyl groups is 1. The number of nitrogens with one attached hydrogen (secondary N) is 1. The smallest absolute Gasteiger partial charge is 0.306 e. The van der Waals surface area contributed by atoms with Crippen molar-refractivity contribution in [2.45, 2.75) is 84.4 Å². The number of β-amino-alcohol motifs (C(OH)–C–C–N with tert-alkyl or cyclic N) is 1. The Morgan fingerprint density at radius 1 is 0.891 bits per heavy atom. The quantitative estimate of drug-likeness (QED) is 0.151. The maximum absolute atomic E-state index is 13.7. The number of aliphatic carboxylic acids is 1. The predicted molar refractivity (Wildman–Crippen MR) is 211 cm³/mol. The van der Waals surface area contributed by atoms with E-state index in [1.165, 1.54) is 0 Å². The number of carbonyl (C=O) groups is 3. The topological polar surface area (TPSA) is 146 Å². The zero-order valence-electron chi connectivity index (χ0n) is 32.3. The highest BCUT2D eigenvalue weighted by Gasteiger charge is 2.30. The van der Waals surface area contributed by atoms with E-state index in [-0.39, 0.29) is 24.0 Å². The number of ketones is 1. The molecule has 0 radical (unpaired) electrons. The molecule has 0 spiro atoms. The molecule has 1 saturated carbocycles. The highest BCUT2D eigenvalue weighted by Crippen LogP contribution is 2.37. The molecule has 0 unspecified atom stereocenters. The summed E-state index contributed by atoms with van der Waals surface area (Å²) in [5, 5.41) is 22.6. The summed E-state index contributed by atoms with van der Waals surface area (Å²) in [6.07, 6.45) is 5.87. The lowest BCUT2D eigenvalue weighted by Gasteiger charge is -2.30. The Bertz CT molecular complexity index is 2100. The van der Waals surface area contributed by atoms with Crippen LogP contribution in [0.4, 0.5) is 5.69 Å². The highest BCUT2D eigenvalue weighted by atomic mass is 35.5. The zero-order valence-corrected chi connectivity index (χ0v) is 33.0. The number of rotatable bonds is 12. The van der Waals surface area contributed by atoms with Gasteiger partial charge in [0.05, 0.1) is 34.1 Å². The van der Waals surface area contributed by atoms with Gasteiger partial charge in [-0.3, -0.25) is 24.2 Å². The largest absolute Gasteiger partial charge is 0.481 e. The van der Waals surface area contributed by atoms with E-state index in [1.54, 1.807) is 13.0 Å². The number of aromatic nitrogens is 4. The Balaban J connectivity index is 1.01. The van der Waals surface area contributed by atoms with E-state index in [2.05, 4.69) is 15.1 Å². The molecular weight excluding hydrogens is 718 g/mol. The summed E-state index contributed by atoms with van der Waals surface area (Å²) < 4.78 is 3.81. The normalized spacial score (nSPS) is 19.5. The van der Waals surface area contributed by atoms with E-state index >= 15 is 0 Å². The number of fused-ring (bicyclic) bond motifs is 2. The lowest BCUT2D eigenvalue weighted by atomic mass is 9.80. The van der Waals surface area contributed by atoms with Crippen molar-refractivity contribution in [2.75, 3.05) is 31.5 Å². The SMILES string of the molecule is Cc1c(CC(=O)c2nc3c(n2C)CCN(C[C@H](C)O)C3)cccc1-c1cccc(NC(=O)c2nc3c(n2C)CCN(CCC2CCC(C(=O)O)CC2)C3)c1Cl. The van der Waals surface area contributed by atoms with Gasteiger partial charge in [-0.2, -0.15) is 0 Å². The van der Waals surface area contributed by atoms with Crippen LogP contribution in [0.3, 0.4) is 0 Å². The lowest BCUT2D eigenvalue weighted by molar-refractivity contribution is -0.143. The van der Waals surface area contributed by atoms with Gasteiger partial charge in [-0.25, -0.2) is 9.97 Å². The maximum atomic E-state index is 13.7. The number of benzene rings is 2. The fourth-order valence-corrected chi connectivity index (χ4v) is 9.11. The number of amides is 1. The summed E-state index contributed by atoms with van der Waals surface area (Å²) in [4.78, 5) is 52.9. The average molecular weight is 770 g/mol. The van der Waals surface area contributed by atoms with Crippen LogP contribution >= 0.6 is 11.6 Å². The van der Waals surface area contributed by atoms with Crippen molar-refractivity contribution in [1.82, 2.24) is 28.9 Å². The van der Waals surface area contributed by atoms with Crippen molar-refractivity contribution < 1.29 is 24.6 Å². The molecule has 55 heavy (non-hydrogen) atoms. The molecule has 2 aliphatic heterocycles. The average Bonchev–Trinajstić information content (AvgIpc) is 3.67. The number of imidazole rings is 2. The molecule has 1 aliphatic carbocycles. The number of halogens is 1. The molecule has 12 nitrogen and oxygen atoms in total. The van der Waals surface area contributed by atoms with E-state index in [4.69, 9.17) is 21.6 Å². The van der Waals surface area contributed by atoms with Crippen LogP contribution in [0.1, 0.15) is 94.2 Å². The number of hydrogen-bond donors (Lipinski definition) is 3. The molecule has 4 aromatic rings. The van der Waals surface area contributed by atoms with Gasteiger partial charge in [-0.1, -0.05) is 41.9 Å². The second-order valence-corrected chi connectivity index (χ2v) is 16.2. The first-order chi connectivity index (χ1) is 26.4. The number of carboxylic acid groups (broad SMARTS) is 1. The molecule has 3 aliphatic rings. The van der Waals surface area contributed by atoms with E-state index < -0.39 is 12.1 Å². The first kappa shape index (κ1) is 38.9. The predicted octanol–water partition coefficient (Wildman–Crippen LogP) is 5.84. The number of anilines is 1. The van der Waals surface area contributed by atoms with Crippen LogP contribution in [0, 0.1) is 18.8 Å². The fourth-order valence-electron chi connectivity index (χ4n) is 8.83. The van der Waals surface area contributed by atoms with E-state index in [9.17, 15) is 24.6 Å². The maximum Gasteiger partial charge on any atom is 0.306 e. The van der Waals surface area contributed by atoms with Crippen LogP contribution in [0.5, 0.6) is 0 Å². The number of nitrogens with zero attached hydrogens (tertiary/aromatic N) is 6. The highest BCUT2D eigenvalue weighted by molar-refractivity contribution is 6.36. The third-order valence-corrected chi connectivity index (χ3v) is 12.4. The Hall–Kier alpha value is -4.36. The second kappa shape index (κ2) is 16.4. The molecule has 0 bridgehead atoms. The molecule has 13 heteroatoms. The van der Waals surface area contributed by atoms with Gasteiger partial charge in [0.25, 0.3) is 5.91 Å². The standard InChI is InChI=1S/C42H52ClN7O5/c1-25(51)22-50-20-17-35-34(24-50)44-39(47(35)3)37(52)21-29-7-5-8-30(26(29)2)31-9-6-10-32(38(31)43)46-41(53)40-45-33-23-49(19-16-36(33)48(40)4)18-15-27-11-13-28(14-12-27)42(54)55/h5-10,25,27-28,51H,11-24H2,1-4H3,(H,46,53)(H,54,55)/t25-,27?,28?/m0/s1. The van der Waals surface area contributed by atoms with Crippen LogP contribution in [0.25, 0.3) is 11.1 Å². The zero-order chi connectivity index (χ0) is 39.0. The molecule has 2 aromatic carbocycles. The molecule has 4 heterocycles. The fraction of sp³-hybridized carbons (Fsp3) is 0.500. The summed E-state index contributed by atoms with van der Waals surface area (Å²) in [6, 6.07) is 11.4. The number of carbonyl (C=O) groups excluding carboxylic acids is 2. The van der Waals surface area contributed by atoms with E-state index in [0.717, 1.165) is 110 Å². The minimum atomic E-state index is -0.666. The van der Waals surface area contributed by atoms with E-state index in [1.807, 2.05) is 60.5 Å². The van der Waals surface area contributed by atoms with Crippen LogP contribution in [0.15, 0.2) is 36.4 Å². The Kier molecular flexibility index (Phi) is 11.6. The first-order valence-corrected chi connectivity index (χ1v) is 19.9. The minimum absolute atomic E-state index is 0.0629. The minimum Gasteiger partial charge on any atom is -0.481 e. The molecule has 3 N–H and O–H groups in total. The Labute approximate surface area is 327 Å². The summed E-state index contributed by atoms with van der Waals surface area (Å²) >= 11 is 7.03. The molecular formula is C42H52ClN7O5. The second-order valence-electron chi connectivity index (χ2n) is 15.8. The number of carboxylic acids is 1. The van der Waals surface area contributed by atoms with Gasteiger partial charge in [-0.15, -0.1) is 0 Å². The van der Waals surface area contributed by atoms with E-state index in [0.29, 0.717) is 47.9 Å². The van der Waals surface area contributed by atoms with Crippen LogP contribution in [0.2, 0.25) is 5.02 Å². The summed E-state index contributed by atoms with van der Waals surface area (Å²) in [5.41, 5.74) is 7.86. The van der Waals surface area contributed by atoms with Crippen molar-refractivity contribution in [1.29, 1.82) is 0 Å². The van der Waals surface area contributed by atoms with Crippen LogP contribution < -0.4 is 5.32 Å². The third-order valence-electron chi connectivity index (χ3n) is 12.0. The lowest BCUT2D eigenvalue weighted by Crippen LogP contribution is -2.36. The van der Waals surface area contributed by atoms with Crippen molar-refractivity contribution in [3.8, 4) is 11.1 Å². The van der Waals surface area contributed by atoms with Gasteiger partial charge in [-0.05, 0) is 81.2 Å². The van der Waals surface area contributed by atoms with Crippen molar-refractivity contribution in [3.63, 3.8) is 0 Å². The van der Waals surface area contributed by atoms with Crippen molar-refractivity contribution in [2.24, 2.45) is 25.9 Å². The third kappa shape index (κ3) is 8.28. The molecule has 292 valence electrons. The molecule has 7 rings (SSSR count). The number of aliphatic hydroxyl groups excluding tert-OH is 1. The van der Waals surface area contributed by atoms with Gasteiger partial charge in [0.15, 0.2) is 11.6 Å². The van der Waals surface area contributed by atoms with Gasteiger partial charge in [0.2, 0.25) is 5.78 Å². The first-order valence-electron chi connectivity index (χ1n) is 19.5. The molecule has 1 fully saturated rings. The monoisotopic (exact) mass is 769 g/mol. The van der Waals surface area contributed by atoms with Crippen LogP contribution in [-0.4, -0.2) is 89.1 Å². The van der Waals surface area contributed by atoms with Gasteiger partial charge < -0.3 is 24.7 Å². The molecule has 0 saturated heterocycles. The van der Waals surface area contributed by atoms with Crippen molar-refractivity contribution >= 4 is 34.9 Å².